The zero-order valence-electron chi connectivity index (χ0n) is 19.2. The Morgan fingerprint density at radius 3 is 2.50 bits per heavy atom. The Morgan fingerprint density at radius 2 is 1.81 bits per heavy atom. The maximum atomic E-state index is 13.2. The summed E-state index contributed by atoms with van der Waals surface area (Å²) in [5.41, 5.74) is 4.41. The molecule has 2 heterocycles. The predicted octanol–water partition coefficient (Wildman–Crippen LogP) is 4.77. The lowest BCUT2D eigenvalue weighted by Gasteiger charge is -2.47. The summed E-state index contributed by atoms with van der Waals surface area (Å²) < 4.78 is 0. The Labute approximate surface area is 188 Å². The number of imide groups is 2. The second-order valence-electron chi connectivity index (χ2n) is 9.22. The van der Waals surface area contributed by atoms with Crippen LogP contribution in [-0.4, -0.2) is 29.9 Å². The lowest BCUT2D eigenvalue weighted by Crippen LogP contribution is -2.54. The molecule has 2 aliphatic heterocycles. The molecular weight excluding hydrogens is 402 g/mol. The van der Waals surface area contributed by atoms with E-state index in [-0.39, 0.29) is 11.1 Å². The Morgan fingerprint density at radius 1 is 1.09 bits per heavy atom. The minimum Gasteiger partial charge on any atom is -0.366 e. The van der Waals surface area contributed by atoms with Crippen LogP contribution in [0.4, 0.5) is 16.2 Å². The van der Waals surface area contributed by atoms with Gasteiger partial charge in [0.05, 0.1) is 5.69 Å². The molecule has 0 bridgehead atoms. The van der Waals surface area contributed by atoms with E-state index in [1.807, 2.05) is 25.1 Å². The minimum atomic E-state index is -0.730. The average Bonchev–Trinajstić information content (AvgIpc) is 2.72. The van der Waals surface area contributed by atoms with E-state index in [9.17, 15) is 14.4 Å². The highest BCUT2D eigenvalue weighted by molar-refractivity contribution is 6.39. The van der Waals surface area contributed by atoms with E-state index in [4.69, 9.17) is 0 Å². The quantitative estimate of drug-likeness (QED) is 0.561. The molecule has 0 radical (unpaired) electrons. The first-order valence-corrected chi connectivity index (χ1v) is 11.0. The zero-order chi connectivity index (χ0) is 23.2. The Hall–Kier alpha value is -3.41. The van der Waals surface area contributed by atoms with Gasteiger partial charge in [0.25, 0.3) is 11.8 Å². The normalized spacial score (nSPS) is 21.6. The van der Waals surface area contributed by atoms with E-state index in [0.717, 1.165) is 29.0 Å². The first-order chi connectivity index (χ1) is 15.1. The molecule has 0 spiro atoms. The lowest BCUT2D eigenvalue weighted by molar-refractivity contribution is -0.122. The summed E-state index contributed by atoms with van der Waals surface area (Å²) in [5.74, 6) is -0.941. The second-order valence-corrected chi connectivity index (χ2v) is 9.22. The van der Waals surface area contributed by atoms with E-state index in [0.29, 0.717) is 11.6 Å². The number of hydrogen-bond donors (Lipinski definition) is 1. The maximum absolute atomic E-state index is 13.2. The Bertz CT molecular complexity index is 1150. The molecule has 0 saturated carbocycles. The van der Waals surface area contributed by atoms with Crippen LogP contribution in [0.3, 0.4) is 0 Å². The van der Waals surface area contributed by atoms with Gasteiger partial charge in [-0.15, -0.1) is 0 Å². The molecule has 6 heteroatoms. The van der Waals surface area contributed by atoms with Crippen molar-refractivity contribution in [3.05, 3.63) is 64.7 Å². The average molecular weight is 432 g/mol. The predicted molar refractivity (Wildman–Crippen MR) is 127 cm³/mol. The number of nitrogens with one attached hydrogen (secondary N) is 1. The number of nitrogens with zero attached hydrogens (tertiary/aromatic N) is 2. The van der Waals surface area contributed by atoms with Gasteiger partial charge >= 0.3 is 6.03 Å². The Kier molecular flexibility index (Phi) is 5.41. The molecule has 0 aromatic heterocycles. The molecular formula is C26H29N3O3. The monoisotopic (exact) mass is 431 g/mol. The van der Waals surface area contributed by atoms with Crippen LogP contribution in [0, 0.1) is 6.92 Å². The summed E-state index contributed by atoms with van der Waals surface area (Å²) in [7, 11) is 0. The zero-order valence-corrected chi connectivity index (χ0v) is 19.2. The highest BCUT2D eigenvalue weighted by atomic mass is 16.2. The number of fused-ring (bicyclic) bond motifs is 1. The number of aryl methyl sites for hydroxylation is 1. The van der Waals surface area contributed by atoms with Gasteiger partial charge < -0.3 is 4.90 Å². The number of hydrogen-bond acceptors (Lipinski definition) is 4. The molecule has 1 unspecified atom stereocenters. The summed E-state index contributed by atoms with van der Waals surface area (Å²) in [4.78, 5) is 41.7. The molecule has 32 heavy (non-hydrogen) atoms. The molecule has 6 nitrogen and oxygen atoms in total. The fourth-order valence-electron chi connectivity index (χ4n) is 5.05. The van der Waals surface area contributed by atoms with Crippen LogP contribution in [-0.2, 0) is 9.59 Å². The SMILES string of the molecule is CCN1c2ccc(/C=C3/C(=O)NC(=O)N(c4ccccc4C)C3=O)cc2C(C)CC1(C)C. The molecule has 1 N–H and O–H groups in total. The standard InChI is InChI=1S/C26H29N3O3/c1-6-28-22-12-11-18(13-19(22)17(3)15-26(28,4)5)14-20-23(30)27-25(32)29(24(20)31)21-10-8-7-9-16(21)2/h7-14,17H,6,15H2,1-5H3,(H,27,30,32)/b20-14-. The first kappa shape index (κ1) is 21.8. The van der Waals surface area contributed by atoms with E-state index >= 15 is 0 Å². The third-order valence-corrected chi connectivity index (χ3v) is 6.49. The van der Waals surface area contributed by atoms with Crippen molar-refractivity contribution in [2.45, 2.75) is 52.5 Å². The van der Waals surface area contributed by atoms with E-state index in [2.05, 4.69) is 50.0 Å². The fourth-order valence-corrected chi connectivity index (χ4v) is 5.05. The highest BCUT2D eigenvalue weighted by Crippen LogP contribution is 2.43. The van der Waals surface area contributed by atoms with Crippen molar-refractivity contribution < 1.29 is 14.4 Å². The number of amides is 4. The highest BCUT2D eigenvalue weighted by Gasteiger charge is 2.38. The molecule has 2 aromatic carbocycles. The van der Waals surface area contributed by atoms with Crippen molar-refractivity contribution in [1.29, 1.82) is 0 Å². The van der Waals surface area contributed by atoms with Crippen molar-refractivity contribution in [1.82, 2.24) is 5.32 Å². The van der Waals surface area contributed by atoms with E-state index < -0.39 is 17.8 Å². The summed E-state index contributed by atoms with van der Waals surface area (Å²) in [6, 6.07) is 12.4. The molecule has 4 rings (SSSR count). The van der Waals surface area contributed by atoms with Crippen molar-refractivity contribution in [2.75, 3.05) is 16.3 Å². The number of anilines is 2. The van der Waals surface area contributed by atoms with Crippen LogP contribution in [0.15, 0.2) is 48.0 Å². The number of barbiturate groups is 1. The van der Waals surface area contributed by atoms with Gasteiger partial charge in [0, 0.05) is 17.8 Å². The summed E-state index contributed by atoms with van der Waals surface area (Å²) >= 11 is 0. The van der Waals surface area contributed by atoms with Crippen molar-refractivity contribution in [3.8, 4) is 0 Å². The third kappa shape index (κ3) is 3.60. The number of carbonyl (C=O) groups is 3. The van der Waals surface area contributed by atoms with Gasteiger partial charge in [-0.2, -0.15) is 0 Å². The number of benzene rings is 2. The number of urea groups is 1. The molecule has 166 valence electrons. The largest absolute Gasteiger partial charge is 0.366 e. The molecule has 1 fully saturated rings. The van der Waals surface area contributed by atoms with Crippen molar-refractivity contribution in [2.24, 2.45) is 0 Å². The summed E-state index contributed by atoms with van der Waals surface area (Å²) in [6.07, 6.45) is 2.60. The molecule has 2 aromatic rings. The van der Waals surface area contributed by atoms with Crippen molar-refractivity contribution in [3.63, 3.8) is 0 Å². The number of carbonyl (C=O) groups excluding carboxylic acids is 3. The first-order valence-electron chi connectivity index (χ1n) is 11.0. The number of para-hydroxylation sites is 1. The van der Waals surface area contributed by atoms with Crippen LogP contribution in [0.5, 0.6) is 0 Å². The third-order valence-electron chi connectivity index (χ3n) is 6.49. The van der Waals surface area contributed by atoms with Crippen LogP contribution < -0.4 is 15.1 Å². The molecule has 2 aliphatic rings. The van der Waals surface area contributed by atoms with Gasteiger partial charge in [0.15, 0.2) is 0 Å². The van der Waals surface area contributed by atoms with Gasteiger partial charge in [0.2, 0.25) is 0 Å². The lowest BCUT2D eigenvalue weighted by atomic mass is 9.79. The topological polar surface area (TPSA) is 69.7 Å². The van der Waals surface area contributed by atoms with Gasteiger partial charge in [-0.3, -0.25) is 14.9 Å². The molecule has 1 atom stereocenters. The van der Waals surface area contributed by atoms with Gasteiger partial charge in [-0.25, -0.2) is 9.69 Å². The number of rotatable bonds is 3. The minimum absolute atomic E-state index is 0.0519. The second kappa shape index (κ2) is 7.93. The van der Waals surface area contributed by atoms with Crippen LogP contribution >= 0.6 is 0 Å². The molecule has 1 saturated heterocycles. The maximum Gasteiger partial charge on any atom is 0.335 e. The molecule has 0 aliphatic carbocycles. The van der Waals surface area contributed by atoms with Gasteiger partial charge in [-0.1, -0.05) is 31.2 Å². The van der Waals surface area contributed by atoms with E-state index in [1.54, 1.807) is 18.2 Å². The van der Waals surface area contributed by atoms with Crippen LogP contribution in [0.2, 0.25) is 0 Å². The smallest absolute Gasteiger partial charge is 0.335 e. The van der Waals surface area contributed by atoms with Gasteiger partial charge in [0.1, 0.15) is 5.57 Å². The molecule has 4 amide bonds. The van der Waals surface area contributed by atoms with Gasteiger partial charge in [-0.05, 0) is 81.0 Å². The summed E-state index contributed by atoms with van der Waals surface area (Å²) in [6.45, 7) is 11.6. The van der Waals surface area contributed by atoms with Crippen LogP contribution in [0.1, 0.15) is 56.7 Å². The van der Waals surface area contributed by atoms with Crippen LogP contribution in [0.25, 0.3) is 6.08 Å². The summed E-state index contributed by atoms with van der Waals surface area (Å²) in [5, 5.41) is 2.30. The van der Waals surface area contributed by atoms with Crippen molar-refractivity contribution >= 4 is 35.3 Å². The van der Waals surface area contributed by atoms with E-state index in [1.165, 1.54) is 11.3 Å². The fraction of sp³-hybridized carbons (Fsp3) is 0.346. The Balaban J connectivity index is 1.74.